The standard InChI is InChI=1S/C19H30FN3O/c1-15(2)18-14-22(12-11-21(3)4)10-9-19(24)23(18)13-16-5-7-17(20)8-6-16/h5-8,15,18H,9-14H2,1-4H3/t18-/m1/s1. The van der Waals surface area contributed by atoms with Crippen LogP contribution < -0.4 is 0 Å². The molecule has 1 saturated heterocycles. The first kappa shape index (κ1) is 18.9. The van der Waals surface area contributed by atoms with Crippen LogP contribution in [0, 0.1) is 11.7 Å². The second kappa shape index (κ2) is 8.58. The molecule has 134 valence electrons. The van der Waals surface area contributed by atoms with Gasteiger partial charge in [-0.25, -0.2) is 4.39 Å². The largest absolute Gasteiger partial charge is 0.334 e. The fraction of sp³-hybridized carbons (Fsp3) is 0.632. The van der Waals surface area contributed by atoms with Gasteiger partial charge in [0.25, 0.3) is 0 Å². The molecule has 0 aromatic heterocycles. The van der Waals surface area contributed by atoms with Crippen LogP contribution in [0.3, 0.4) is 0 Å². The van der Waals surface area contributed by atoms with Crippen LogP contribution in [-0.2, 0) is 11.3 Å². The summed E-state index contributed by atoms with van der Waals surface area (Å²) in [5.74, 6) is 0.343. The third-order valence-corrected chi connectivity index (χ3v) is 4.71. The number of likely N-dealkylation sites (N-methyl/N-ethyl adjacent to an activating group) is 1. The van der Waals surface area contributed by atoms with E-state index >= 15 is 0 Å². The van der Waals surface area contributed by atoms with Gasteiger partial charge in [-0.2, -0.15) is 0 Å². The topological polar surface area (TPSA) is 26.8 Å². The molecule has 1 atom stereocenters. The second-order valence-electron chi connectivity index (χ2n) is 7.31. The minimum Gasteiger partial charge on any atom is -0.334 e. The van der Waals surface area contributed by atoms with Crippen LogP contribution >= 0.6 is 0 Å². The van der Waals surface area contributed by atoms with Crippen LogP contribution in [0.25, 0.3) is 0 Å². The molecular formula is C19H30FN3O. The molecule has 1 aromatic rings. The maximum atomic E-state index is 13.1. The minimum atomic E-state index is -0.240. The van der Waals surface area contributed by atoms with Gasteiger partial charge in [0.1, 0.15) is 5.82 Å². The maximum absolute atomic E-state index is 13.1. The number of rotatable bonds is 6. The van der Waals surface area contributed by atoms with E-state index in [4.69, 9.17) is 0 Å². The van der Waals surface area contributed by atoms with Crippen molar-refractivity contribution in [1.29, 1.82) is 0 Å². The minimum absolute atomic E-state index is 0.187. The molecule has 1 fully saturated rings. The molecule has 24 heavy (non-hydrogen) atoms. The molecule has 0 radical (unpaired) electrons. The second-order valence-corrected chi connectivity index (χ2v) is 7.31. The number of amides is 1. The Bertz CT molecular complexity index is 530. The van der Waals surface area contributed by atoms with E-state index in [1.807, 2.05) is 4.90 Å². The summed E-state index contributed by atoms with van der Waals surface area (Å²) in [4.78, 5) is 19.3. The van der Waals surface area contributed by atoms with Crippen molar-refractivity contribution in [2.75, 3.05) is 40.3 Å². The Labute approximate surface area is 145 Å². The molecule has 4 nitrogen and oxygen atoms in total. The van der Waals surface area contributed by atoms with Crippen LogP contribution in [0.15, 0.2) is 24.3 Å². The first-order valence-corrected chi connectivity index (χ1v) is 8.78. The van der Waals surface area contributed by atoms with Crippen LogP contribution in [-0.4, -0.2) is 66.9 Å². The van der Waals surface area contributed by atoms with Crippen molar-refractivity contribution in [3.8, 4) is 0 Å². The highest BCUT2D eigenvalue weighted by Gasteiger charge is 2.31. The Balaban J connectivity index is 2.12. The van der Waals surface area contributed by atoms with Crippen molar-refractivity contribution in [1.82, 2.24) is 14.7 Å². The van der Waals surface area contributed by atoms with Crippen LogP contribution in [0.1, 0.15) is 25.8 Å². The highest BCUT2D eigenvalue weighted by Crippen LogP contribution is 2.21. The van der Waals surface area contributed by atoms with E-state index in [1.54, 1.807) is 12.1 Å². The van der Waals surface area contributed by atoms with E-state index in [-0.39, 0.29) is 17.8 Å². The summed E-state index contributed by atoms with van der Waals surface area (Å²) >= 11 is 0. The molecule has 2 rings (SSSR count). The zero-order chi connectivity index (χ0) is 17.7. The quantitative estimate of drug-likeness (QED) is 0.799. The van der Waals surface area contributed by atoms with Crippen molar-refractivity contribution in [3.05, 3.63) is 35.6 Å². The van der Waals surface area contributed by atoms with Crippen molar-refractivity contribution in [3.63, 3.8) is 0 Å². The number of benzene rings is 1. The van der Waals surface area contributed by atoms with E-state index in [0.29, 0.717) is 18.9 Å². The molecular weight excluding hydrogens is 305 g/mol. The molecule has 1 heterocycles. The van der Waals surface area contributed by atoms with E-state index in [1.165, 1.54) is 12.1 Å². The molecule has 1 aliphatic rings. The summed E-state index contributed by atoms with van der Waals surface area (Å²) in [6.45, 7) is 8.60. The molecule has 0 aliphatic carbocycles. The molecule has 1 amide bonds. The summed E-state index contributed by atoms with van der Waals surface area (Å²) < 4.78 is 13.1. The number of halogens is 1. The van der Waals surface area contributed by atoms with Gasteiger partial charge >= 0.3 is 0 Å². The van der Waals surface area contributed by atoms with Crippen molar-refractivity contribution < 1.29 is 9.18 Å². The fourth-order valence-electron chi connectivity index (χ4n) is 3.14. The van der Waals surface area contributed by atoms with Gasteiger partial charge in [-0.15, -0.1) is 0 Å². The average Bonchev–Trinajstić information content (AvgIpc) is 2.68. The van der Waals surface area contributed by atoms with E-state index in [9.17, 15) is 9.18 Å². The van der Waals surface area contributed by atoms with Gasteiger partial charge in [0.2, 0.25) is 5.91 Å². The monoisotopic (exact) mass is 335 g/mol. The smallest absolute Gasteiger partial charge is 0.224 e. The number of carbonyl (C=O) groups excluding carboxylic acids is 1. The lowest BCUT2D eigenvalue weighted by molar-refractivity contribution is -0.134. The van der Waals surface area contributed by atoms with Crippen LogP contribution in [0.4, 0.5) is 4.39 Å². The maximum Gasteiger partial charge on any atom is 0.224 e. The van der Waals surface area contributed by atoms with Crippen LogP contribution in [0.2, 0.25) is 0 Å². The Kier molecular flexibility index (Phi) is 6.75. The molecule has 1 aromatic carbocycles. The van der Waals surface area contributed by atoms with Gasteiger partial charge in [0.15, 0.2) is 0 Å². The fourth-order valence-corrected chi connectivity index (χ4v) is 3.14. The molecule has 0 N–H and O–H groups in total. The number of carbonyl (C=O) groups is 1. The zero-order valence-electron chi connectivity index (χ0n) is 15.3. The normalized spacial score (nSPS) is 20.0. The predicted octanol–water partition coefficient (Wildman–Crippen LogP) is 2.45. The number of hydrogen-bond donors (Lipinski definition) is 0. The number of hydrogen-bond acceptors (Lipinski definition) is 3. The Morgan fingerprint density at radius 3 is 2.50 bits per heavy atom. The zero-order valence-corrected chi connectivity index (χ0v) is 15.3. The molecule has 1 aliphatic heterocycles. The third kappa shape index (κ3) is 5.28. The summed E-state index contributed by atoms with van der Waals surface area (Å²) in [7, 11) is 4.15. The highest BCUT2D eigenvalue weighted by atomic mass is 19.1. The molecule has 0 saturated carbocycles. The third-order valence-electron chi connectivity index (χ3n) is 4.71. The molecule has 0 spiro atoms. The highest BCUT2D eigenvalue weighted by molar-refractivity contribution is 5.77. The summed E-state index contributed by atoms with van der Waals surface area (Å²) in [5, 5.41) is 0. The molecule has 0 bridgehead atoms. The van der Waals surface area contributed by atoms with Gasteiger partial charge in [-0.3, -0.25) is 9.69 Å². The summed E-state index contributed by atoms with van der Waals surface area (Å²) in [5.41, 5.74) is 0.983. The molecule has 0 unspecified atom stereocenters. The van der Waals surface area contributed by atoms with Gasteiger partial charge in [0.05, 0.1) is 0 Å². The lowest BCUT2D eigenvalue weighted by atomic mass is 10.0. The van der Waals surface area contributed by atoms with Crippen molar-refractivity contribution in [2.24, 2.45) is 5.92 Å². The first-order chi connectivity index (χ1) is 11.4. The van der Waals surface area contributed by atoms with Gasteiger partial charge < -0.3 is 9.80 Å². The van der Waals surface area contributed by atoms with Gasteiger partial charge in [0, 0.05) is 45.2 Å². The lowest BCUT2D eigenvalue weighted by Gasteiger charge is -2.35. The predicted molar refractivity (Wildman–Crippen MR) is 95.2 cm³/mol. The first-order valence-electron chi connectivity index (χ1n) is 8.78. The summed E-state index contributed by atoms with van der Waals surface area (Å²) in [6.07, 6.45) is 0.553. The Morgan fingerprint density at radius 2 is 1.92 bits per heavy atom. The number of nitrogens with zero attached hydrogens (tertiary/aromatic N) is 3. The van der Waals surface area contributed by atoms with Crippen LogP contribution in [0.5, 0.6) is 0 Å². The summed E-state index contributed by atoms with van der Waals surface area (Å²) in [6, 6.07) is 6.66. The van der Waals surface area contributed by atoms with E-state index < -0.39 is 0 Å². The SMILES string of the molecule is CC(C)[C@H]1CN(CCN(C)C)CCC(=O)N1Cc1ccc(F)cc1. The van der Waals surface area contributed by atoms with E-state index in [0.717, 1.165) is 31.7 Å². The van der Waals surface area contributed by atoms with Gasteiger partial charge in [-0.05, 0) is 37.7 Å². The Morgan fingerprint density at radius 1 is 1.25 bits per heavy atom. The Hall–Kier alpha value is -1.46. The molecule has 5 heteroatoms. The van der Waals surface area contributed by atoms with Gasteiger partial charge in [-0.1, -0.05) is 26.0 Å². The van der Waals surface area contributed by atoms with Crippen molar-refractivity contribution in [2.45, 2.75) is 32.9 Å². The van der Waals surface area contributed by atoms with Crippen molar-refractivity contribution >= 4 is 5.91 Å². The van der Waals surface area contributed by atoms with E-state index in [2.05, 4.69) is 37.7 Å². The average molecular weight is 335 g/mol. The lowest BCUT2D eigenvalue weighted by Crippen LogP contribution is -2.46.